The Morgan fingerprint density at radius 3 is 2.28 bits per heavy atom. The van der Waals surface area contributed by atoms with Crippen molar-refractivity contribution in [2.24, 2.45) is 0 Å². The third-order valence-electron chi connectivity index (χ3n) is 5.38. The second-order valence-corrected chi connectivity index (χ2v) is 7.68. The largest absolute Gasteiger partial charge is 0.383 e. The predicted octanol–water partition coefficient (Wildman–Crippen LogP) is 4.24. The molecule has 0 radical (unpaired) electrons. The Bertz CT molecular complexity index is 690. The summed E-state index contributed by atoms with van der Waals surface area (Å²) < 4.78 is 19.2. The first kappa shape index (κ1) is 21.8. The Morgan fingerprint density at radius 2 is 1.48 bits per heavy atom. The zero-order valence-electron chi connectivity index (χ0n) is 17.4. The summed E-state index contributed by atoms with van der Waals surface area (Å²) in [6.07, 6.45) is 3.07. The summed E-state index contributed by atoms with van der Waals surface area (Å²) in [7, 11) is 0. The topological polar surface area (TPSA) is 27.7 Å². The van der Waals surface area contributed by atoms with Crippen LogP contribution in [-0.2, 0) is 11.3 Å². The summed E-state index contributed by atoms with van der Waals surface area (Å²) in [6.45, 7) is 9.14. The van der Waals surface area contributed by atoms with Crippen molar-refractivity contribution in [2.45, 2.75) is 25.8 Å². The molecule has 2 aromatic rings. The number of benzene rings is 2. The van der Waals surface area contributed by atoms with Gasteiger partial charge in [-0.25, -0.2) is 4.39 Å². The highest BCUT2D eigenvalue weighted by molar-refractivity contribution is 5.44. The number of piperazine rings is 1. The number of ether oxygens (including phenoxy) is 1. The number of hydrogen-bond acceptors (Lipinski definition) is 4. The molecule has 0 aliphatic carbocycles. The van der Waals surface area contributed by atoms with Crippen LogP contribution in [0.2, 0.25) is 0 Å². The van der Waals surface area contributed by atoms with Crippen LogP contribution in [0.4, 0.5) is 10.1 Å². The van der Waals surface area contributed by atoms with Gasteiger partial charge in [0.25, 0.3) is 0 Å². The average Bonchev–Trinajstić information content (AvgIpc) is 2.75. The molecule has 0 amide bonds. The van der Waals surface area contributed by atoms with E-state index in [1.54, 1.807) is 12.1 Å². The van der Waals surface area contributed by atoms with Crippen molar-refractivity contribution >= 4 is 5.69 Å². The first-order valence-electron chi connectivity index (χ1n) is 10.9. The minimum Gasteiger partial charge on any atom is -0.383 e. The molecule has 1 heterocycles. The molecular weight excluding hydrogens is 365 g/mol. The van der Waals surface area contributed by atoms with Gasteiger partial charge in [0.05, 0.1) is 5.69 Å². The van der Waals surface area contributed by atoms with Gasteiger partial charge in [-0.3, -0.25) is 4.90 Å². The molecule has 1 aliphatic heterocycles. The normalized spacial score (nSPS) is 15.5. The van der Waals surface area contributed by atoms with Crippen LogP contribution in [0.5, 0.6) is 0 Å². The molecule has 1 fully saturated rings. The lowest BCUT2D eigenvalue weighted by Crippen LogP contribution is -2.46. The molecule has 1 N–H and O–H groups in total. The fourth-order valence-electron chi connectivity index (χ4n) is 3.66. The third-order valence-corrected chi connectivity index (χ3v) is 5.38. The van der Waals surface area contributed by atoms with E-state index >= 15 is 0 Å². The molecule has 1 saturated heterocycles. The van der Waals surface area contributed by atoms with Crippen LogP contribution in [-0.4, -0.2) is 62.3 Å². The number of anilines is 1. The molecule has 0 bridgehead atoms. The Kier molecular flexibility index (Phi) is 9.43. The summed E-state index contributed by atoms with van der Waals surface area (Å²) in [4.78, 5) is 5.08. The lowest BCUT2D eigenvalue weighted by atomic mass is 10.2. The number of para-hydroxylation sites is 1. The van der Waals surface area contributed by atoms with Gasteiger partial charge in [-0.05, 0) is 37.0 Å². The second-order valence-electron chi connectivity index (χ2n) is 7.68. The molecule has 0 atom stereocenters. The van der Waals surface area contributed by atoms with E-state index < -0.39 is 0 Å². The van der Waals surface area contributed by atoms with E-state index in [0.717, 1.165) is 78.3 Å². The third kappa shape index (κ3) is 8.13. The van der Waals surface area contributed by atoms with E-state index in [1.165, 1.54) is 11.6 Å². The van der Waals surface area contributed by atoms with Gasteiger partial charge >= 0.3 is 0 Å². The summed E-state index contributed by atoms with van der Waals surface area (Å²) in [5.41, 5.74) is 1.98. The zero-order valence-corrected chi connectivity index (χ0v) is 17.4. The molecule has 29 heavy (non-hydrogen) atoms. The van der Waals surface area contributed by atoms with Crippen molar-refractivity contribution in [1.82, 2.24) is 9.80 Å². The van der Waals surface area contributed by atoms with Crippen molar-refractivity contribution in [1.29, 1.82) is 0 Å². The standard InChI is InChI=1S/C24H34FN3O/c25-23-11-4-5-12-24(23)26-13-6-7-19-29-20-8-14-27-15-17-28(18-16-27)21-22-9-2-1-3-10-22/h1-5,9-12,26H,6-8,13-21H2. The maximum Gasteiger partial charge on any atom is 0.146 e. The van der Waals surface area contributed by atoms with E-state index in [9.17, 15) is 4.39 Å². The lowest BCUT2D eigenvalue weighted by Gasteiger charge is -2.34. The number of nitrogens with zero attached hydrogens (tertiary/aromatic N) is 2. The maximum atomic E-state index is 13.5. The minimum atomic E-state index is -0.190. The van der Waals surface area contributed by atoms with Gasteiger partial charge in [-0.1, -0.05) is 42.5 Å². The lowest BCUT2D eigenvalue weighted by molar-refractivity contribution is 0.0956. The van der Waals surface area contributed by atoms with E-state index in [4.69, 9.17) is 4.74 Å². The quantitative estimate of drug-likeness (QED) is 0.540. The van der Waals surface area contributed by atoms with Crippen molar-refractivity contribution < 1.29 is 9.13 Å². The number of hydrogen-bond donors (Lipinski definition) is 1. The molecule has 3 rings (SSSR count). The minimum absolute atomic E-state index is 0.190. The van der Waals surface area contributed by atoms with Gasteiger partial charge in [0.15, 0.2) is 0 Å². The average molecular weight is 400 g/mol. The van der Waals surface area contributed by atoms with Crippen LogP contribution in [0.3, 0.4) is 0 Å². The molecule has 5 heteroatoms. The SMILES string of the molecule is Fc1ccccc1NCCCCOCCCN1CCN(Cc2ccccc2)CC1. The zero-order chi connectivity index (χ0) is 20.2. The Balaban J connectivity index is 1.14. The van der Waals surface area contributed by atoms with Crippen LogP contribution in [0.1, 0.15) is 24.8 Å². The van der Waals surface area contributed by atoms with Gasteiger partial charge in [0, 0.05) is 59.0 Å². The molecule has 1 aliphatic rings. The molecule has 0 unspecified atom stereocenters. The molecule has 0 spiro atoms. The molecule has 2 aromatic carbocycles. The number of nitrogens with one attached hydrogen (secondary N) is 1. The first-order chi connectivity index (χ1) is 14.3. The van der Waals surface area contributed by atoms with Crippen molar-refractivity contribution in [3.8, 4) is 0 Å². The van der Waals surface area contributed by atoms with Crippen molar-refractivity contribution in [3.05, 3.63) is 66.0 Å². The van der Waals surface area contributed by atoms with Crippen LogP contribution < -0.4 is 5.32 Å². The van der Waals surface area contributed by atoms with Crippen molar-refractivity contribution in [2.75, 3.05) is 57.8 Å². The van der Waals surface area contributed by atoms with E-state index in [2.05, 4.69) is 45.4 Å². The molecule has 4 nitrogen and oxygen atoms in total. The smallest absolute Gasteiger partial charge is 0.146 e. The molecular formula is C24H34FN3O. The highest BCUT2D eigenvalue weighted by atomic mass is 19.1. The van der Waals surface area contributed by atoms with Crippen LogP contribution in [0.25, 0.3) is 0 Å². The highest BCUT2D eigenvalue weighted by Crippen LogP contribution is 2.12. The predicted molar refractivity (Wildman–Crippen MR) is 118 cm³/mol. The Morgan fingerprint density at radius 1 is 0.793 bits per heavy atom. The summed E-state index contributed by atoms with van der Waals surface area (Å²) in [5, 5.41) is 3.14. The number of unbranched alkanes of at least 4 members (excludes halogenated alkanes) is 1. The maximum absolute atomic E-state index is 13.5. The van der Waals surface area contributed by atoms with E-state index in [-0.39, 0.29) is 5.82 Å². The van der Waals surface area contributed by atoms with Gasteiger partial charge in [-0.15, -0.1) is 0 Å². The van der Waals surface area contributed by atoms with Gasteiger partial charge < -0.3 is 15.0 Å². The number of rotatable bonds is 12. The molecule has 158 valence electrons. The molecule has 0 aromatic heterocycles. The molecule has 0 saturated carbocycles. The fraction of sp³-hybridized carbons (Fsp3) is 0.500. The Labute approximate surface area is 174 Å². The second kappa shape index (κ2) is 12.6. The van der Waals surface area contributed by atoms with E-state index in [0.29, 0.717) is 5.69 Å². The summed E-state index contributed by atoms with van der Waals surface area (Å²) >= 11 is 0. The Hall–Kier alpha value is -1.95. The van der Waals surface area contributed by atoms with E-state index in [1.807, 2.05) is 6.07 Å². The van der Waals surface area contributed by atoms with Crippen LogP contribution in [0.15, 0.2) is 54.6 Å². The first-order valence-corrected chi connectivity index (χ1v) is 10.9. The van der Waals surface area contributed by atoms with Crippen LogP contribution in [0, 0.1) is 5.82 Å². The summed E-state index contributed by atoms with van der Waals surface area (Å²) in [5.74, 6) is -0.190. The summed E-state index contributed by atoms with van der Waals surface area (Å²) in [6, 6.07) is 17.5. The van der Waals surface area contributed by atoms with Gasteiger partial charge in [0.1, 0.15) is 5.82 Å². The fourth-order valence-corrected chi connectivity index (χ4v) is 3.66. The van der Waals surface area contributed by atoms with Gasteiger partial charge in [0.2, 0.25) is 0 Å². The van der Waals surface area contributed by atoms with Gasteiger partial charge in [-0.2, -0.15) is 0 Å². The highest BCUT2D eigenvalue weighted by Gasteiger charge is 2.16. The van der Waals surface area contributed by atoms with Crippen molar-refractivity contribution in [3.63, 3.8) is 0 Å². The number of halogens is 1. The van der Waals surface area contributed by atoms with Crippen LogP contribution >= 0.6 is 0 Å². The monoisotopic (exact) mass is 399 g/mol.